The van der Waals surface area contributed by atoms with Gasteiger partial charge in [0.15, 0.2) is 0 Å². The highest BCUT2D eigenvalue weighted by molar-refractivity contribution is 6.30. The molecule has 0 saturated carbocycles. The van der Waals surface area contributed by atoms with Gasteiger partial charge >= 0.3 is 0 Å². The van der Waals surface area contributed by atoms with Crippen molar-refractivity contribution < 1.29 is 9.47 Å². The maximum absolute atomic E-state index is 6.12. The second kappa shape index (κ2) is 7.29. The molecule has 0 aliphatic heterocycles. The largest absolute Gasteiger partial charge is 0.496 e. The molecule has 2 rings (SSSR count). The van der Waals surface area contributed by atoms with Crippen molar-refractivity contribution in [1.82, 2.24) is 10.3 Å². The molecule has 0 aliphatic rings. The number of nitrogens with zero attached hydrogens (tertiary/aromatic N) is 1. The van der Waals surface area contributed by atoms with Crippen molar-refractivity contribution in [3.8, 4) is 11.5 Å². The summed E-state index contributed by atoms with van der Waals surface area (Å²) < 4.78 is 10.9. The maximum atomic E-state index is 6.12. The van der Waals surface area contributed by atoms with E-state index in [1.165, 1.54) is 0 Å². The second-order valence-electron chi connectivity index (χ2n) is 4.49. The minimum absolute atomic E-state index is 0.0773. The van der Waals surface area contributed by atoms with Crippen LogP contribution >= 0.6 is 11.6 Å². The number of aromatic nitrogens is 1. The Morgan fingerprint density at radius 3 is 2.76 bits per heavy atom. The van der Waals surface area contributed by atoms with Crippen LogP contribution in [0, 0.1) is 0 Å². The fourth-order valence-electron chi connectivity index (χ4n) is 2.27. The number of methoxy groups -OCH3 is 1. The summed E-state index contributed by atoms with van der Waals surface area (Å²) in [5.74, 6) is 1.52. The first kappa shape index (κ1) is 15.6. The Morgan fingerprint density at radius 1 is 1.29 bits per heavy atom. The summed E-state index contributed by atoms with van der Waals surface area (Å²) in [5.41, 5.74) is 1.95. The van der Waals surface area contributed by atoms with Gasteiger partial charge in [-0.2, -0.15) is 0 Å². The zero-order chi connectivity index (χ0) is 15.2. The molecule has 1 heterocycles. The van der Waals surface area contributed by atoms with Crippen LogP contribution in [0.15, 0.2) is 36.7 Å². The Labute approximate surface area is 130 Å². The first-order valence-electron chi connectivity index (χ1n) is 6.78. The van der Waals surface area contributed by atoms with Crippen molar-refractivity contribution in [3.05, 3.63) is 52.8 Å². The maximum Gasteiger partial charge on any atom is 0.137 e. The summed E-state index contributed by atoms with van der Waals surface area (Å²) in [7, 11) is 3.53. The molecule has 2 aromatic rings. The Hall–Kier alpha value is -1.78. The first-order chi connectivity index (χ1) is 10.2. The predicted molar refractivity (Wildman–Crippen MR) is 84.3 cm³/mol. The average Bonchev–Trinajstić information content (AvgIpc) is 2.49. The minimum atomic E-state index is -0.0773. The highest BCUT2D eigenvalue weighted by Crippen LogP contribution is 2.32. The SMILES string of the molecule is CCOc1cncc(C(NC)c2cc(Cl)ccc2OC)c1. The van der Waals surface area contributed by atoms with E-state index in [-0.39, 0.29) is 6.04 Å². The number of halogens is 1. The van der Waals surface area contributed by atoms with Gasteiger partial charge in [0.2, 0.25) is 0 Å². The van der Waals surface area contributed by atoms with Gasteiger partial charge in [0.1, 0.15) is 11.5 Å². The standard InChI is InChI=1S/C16H19ClN2O2/c1-4-21-13-7-11(9-19-10-13)16(18-2)14-8-12(17)5-6-15(14)20-3/h5-10,16,18H,4H2,1-3H3. The molecule has 0 amide bonds. The molecule has 0 radical (unpaired) electrons. The van der Waals surface area contributed by atoms with Gasteiger partial charge in [-0.25, -0.2) is 0 Å². The van der Waals surface area contributed by atoms with Gasteiger partial charge in [-0.05, 0) is 43.8 Å². The van der Waals surface area contributed by atoms with Crippen LogP contribution in [0.25, 0.3) is 0 Å². The molecule has 1 unspecified atom stereocenters. The lowest BCUT2D eigenvalue weighted by molar-refractivity contribution is 0.338. The molecule has 1 atom stereocenters. The van der Waals surface area contributed by atoms with Gasteiger partial charge in [-0.3, -0.25) is 4.98 Å². The van der Waals surface area contributed by atoms with Crippen molar-refractivity contribution >= 4 is 11.6 Å². The van der Waals surface area contributed by atoms with Crippen LogP contribution in [0.1, 0.15) is 24.1 Å². The van der Waals surface area contributed by atoms with Crippen LogP contribution in [0.3, 0.4) is 0 Å². The Morgan fingerprint density at radius 2 is 2.10 bits per heavy atom. The fourth-order valence-corrected chi connectivity index (χ4v) is 2.45. The van der Waals surface area contributed by atoms with Crippen LogP contribution in [0.5, 0.6) is 11.5 Å². The minimum Gasteiger partial charge on any atom is -0.496 e. The molecule has 4 nitrogen and oxygen atoms in total. The van der Waals surface area contributed by atoms with Gasteiger partial charge in [0.05, 0.1) is 26.0 Å². The van der Waals surface area contributed by atoms with Crippen molar-refractivity contribution in [3.63, 3.8) is 0 Å². The van der Waals surface area contributed by atoms with E-state index >= 15 is 0 Å². The molecule has 112 valence electrons. The summed E-state index contributed by atoms with van der Waals surface area (Å²) in [4.78, 5) is 4.24. The Kier molecular flexibility index (Phi) is 5.42. The summed E-state index contributed by atoms with van der Waals surface area (Å²) in [5, 5.41) is 3.94. The monoisotopic (exact) mass is 306 g/mol. The van der Waals surface area contributed by atoms with Crippen molar-refractivity contribution in [2.75, 3.05) is 20.8 Å². The summed E-state index contributed by atoms with van der Waals surface area (Å²) >= 11 is 6.12. The van der Waals surface area contributed by atoms with E-state index in [1.807, 2.05) is 44.4 Å². The molecule has 1 aromatic carbocycles. The Bertz CT molecular complexity index is 605. The van der Waals surface area contributed by atoms with Gasteiger partial charge < -0.3 is 14.8 Å². The number of hydrogen-bond donors (Lipinski definition) is 1. The molecule has 5 heteroatoms. The number of pyridine rings is 1. The molecule has 0 fully saturated rings. The molecule has 21 heavy (non-hydrogen) atoms. The van der Waals surface area contributed by atoms with Crippen LogP contribution < -0.4 is 14.8 Å². The third kappa shape index (κ3) is 3.65. The lowest BCUT2D eigenvalue weighted by Gasteiger charge is -2.20. The van der Waals surface area contributed by atoms with Crippen molar-refractivity contribution in [2.24, 2.45) is 0 Å². The number of nitrogens with one attached hydrogen (secondary N) is 1. The number of benzene rings is 1. The molecule has 0 bridgehead atoms. The number of ether oxygens (including phenoxy) is 2. The quantitative estimate of drug-likeness (QED) is 0.887. The first-order valence-corrected chi connectivity index (χ1v) is 7.15. The van der Waals surface area contributed by atoms with E-state index in [0.29, 0.717) is 11.6 Å². The van der Waals surface area contributed by atoms with E-state index in [1.54, 1.807) is 13.3 Å². The van der Waals surface area contributed by atoms with Crippen LogP contribution in [0.4, 0.5) is 0 Å². The highest BCUT2D eigenvalue weighted by atomic mass is 35.5. The van der Waals surface area contributed by atoms with E-state index in [9.17, 15) is 0 Å². The lowest BCUT2D eigenvalue weighted by Crippen LogP contribution is -2.18. The zero-order valence-corrected chi connectivity index (χ0v) is 13.1. The van der Waals surface area contributed by atoms with Gasteiger partial charge in [-0.1, -0.05) is 11.6 Å². The third-order valence-corrected chi connectivity index (χ3v) is 3.41. The molecule has 0 spiro atoms. The van der Waals surface area contributed by atoms with Crippen LogP contribution in [-0.4, -0.2) is 25.7 Å². The predicted octanol–water partition coefficient (Wildman–Crippen LogP) is 3.45. The Balaban J connectivity index is 2.44. The molecular formula is C16H19ClN2O2. The van der Waals surface area contributed by atoms with Crippen LogP contribution in [0.2, 0.25) is 5.02 Å². The van der Waals surface area contributed by atoms with E-state index in [4.69, 9.17) is 21.1 Å². The smallest absolute Gasteiger partial charge is 0.137 e. The zero-order valence-electron chi connectivity index (χ0n) is 12.4. The summed E-state index contributed by atoms with van der Waals surface area (Å²) in [6, 6.07) is 7.46. The molecule has 1 aromatic heterocycles. The van der Waals surface area contributed by atoms with Crippen molar-refractivity contribution in [2.45, 2.75) is 13.0 Å². The second-order valence-corrected chi connectivity index (χ2v) is 4.93. The lowest BCUT2D eigenvalue weighted by atomic mass is 9.99. The average molecular weight is 307 g/mol. The van der Waals surface area contributed by atoms with Gasteiger partial charge in [0, 0.05) is 16.8 Å². The molecule has 0 saturated heterocycles. The third-order valence-electron chi connectivity index (χ3n) is 3.17. The summed E-state index contributed by atoms with van der Waals surface area (Å²) in [6.45, 7) is 2.55. The number of rotatable bonds is 6. The summed E-state index contributed by atoms with van der Waals surface area (Å²) in [6.07, 6.45) is 3.51. The van der Waals surface area contributed by atoms with E-state index < -0.39 is 0 Å². The fraction of sp³-hybridized carbons (Fsp3) is 0.312. The van der Waals surface area contributed by atoms with E-state index in [2.05, 4.69) is 10.3 Å². The van der Waals surface area contributed by atoms with Crippen LogP contribution in [-0.2, 0) is 0 Å². The van der Waals surface area contributed by atoms with E-state index in [0.717, 1.165) is 22.6 Å². The van der Waals surface area contributed by atoms with Crippen molar-refractivity contribution in [1.29, 1.82) is 0 Å². The molecule has 0 aliphatic carbocycles. The topological polar surface area (TPSA) is 43.4 Å². The number of hydrogen-bond acceptors (Lipinski definition) is 4. The van der Waals surface area contributed by atoms with Gasteiger partial charge in [-0.15, -0.1) is 0 Å². The van der Waals surface area contributed by atoms with Gasteiger partial charge in [0.25, 0.3) is 0 Å². The molecular weight excluding hydrogens is 288 g/mol. The normalized spacial score (nSPS) is 12.0. The highest BCUT2D eigenvalue weighted by Gasteiger charge is 2.18. The molecule has 1 N–H and O–H groups in total.